The molecule has 0 unspecified atom stereocenters. The van der Waals surface area contributed by atoms with Crippen LogP contribution in [0, 0.1) is 0 Å². The van der Waals surface area contributed by atoms with Gasteiger partial charge >= 0.3 is 12.1 Å². The number of hydrogen-bond acceptors (Lipinski definition) is 5. The molecule has 2 rings (SSSR count). The number of carboxylic acid groups (broad SMARTS) is 1. The maximum atomic E-state index is 12.3. The molecule has 1 fully saturated rings. The fourth-order valence-electron chi connectivity index (χ4n) is 2.68. The zero-order valence-corrected chi connectivity index (χ0v) is 14.8. The molecule has 1 aliphatic rings. The summed E-state index contributed by atoms with van der Waals surface area (Å²) in [4.78, 5) is 36.6. The second kappa shape index (κ2) is 7.13. The molecule has 1 heterocycles. The molecule has 0 aliphatic carbocycles. The molecule has 1 saturated heterocycles. The van der Waals surface area contributed by atoms with Gasteiger partial charge in [-0.3, -0.25) is 9.69 Å². The van der Waals surface area contributed by atoms with Crippen molar-refractivity contribution in [2.24, 2.45) is 0 Å². The van der Waals surface area contributed by atoms with Crippen molar-refractivity contribution in [3.8, 4) is 5.75 Å². The first kappa shape index (κ1) is 18.8. The van der Waals surface area contributed by atoms with Gasteiger partial charge in [-0.05, 0) is 39.8 Å². The van der Waals surface area contributed by atoms with E-state index in [9.17, 15) is 19.5 Å². The predicted octanol–water partition coefficient (Wildman–Crippen LogP) is 2.73. The number of carbonyl (C=O) groups is 3. The second-order valence-corrected chi connectivity index (χ2v) is 7.01. The Balaban J connectivity index is 2.16. The molecule has 7 nitrogen and oxygen atoms in total. The number of ketones is 1. The molecule has 0 radical (unpaired) electrons. The molecule has 1 aromatic rings. The van der Waals surface area contributed by atoms with Gasteiger partial charge in [-0.2, -0.15) is 0 Å². The van der Waals surface area contributed by atoms with Gasteiger partial charge in [0.15, 0.2) is 5.78 Å². The Morgan fingerprint density at radius 1 is 1.20 bits per heavy atom. The first-order valence-corrected chi connectivity index (χ1v) is 8.07. The molecule has 1 aliphatic heterocycles. The quantitative estimate of drug-likeness (QED) is 0.840. The summed E-state index contributed by atoms with van der Waals surface area (Å²) in [5.41, 5.74) is -0.301. The van der Waals surface area contributed by atoms with Gasteiger partial charge in [0.1, 0.15) is 23.5 Å². The van der Waals surface area contributed by atoms with Crippen molar-refractivity contribution in [1.82, 2.24) is 4.90 Å². The zero-order valence-electron chi connectivity index (χ0n) is 14.8. The number of rotatable bonds is 4. The van der Waals surface area contributed by atoms with E-state index in [0.29, 0.717) is 11.3 Å². The molecular weight excluding hydrogens is 326 g/mol. The lowest BCUT2D eigenvalue weighted by atomic mass is 10.1. The smallest absolute Gasteiger partial charge is 0.411 e. The van der Waals surface area contributed by atoms with E-state index in [-0.39, 0.29) is 18.7 Å². The van der Waals surface area contributed by atoms with Crippen LogP contribution in [-0.4, -0.2) is 52.1 Å². The van der Waals surface area contributed by atoms with Crippen LogP contribution in [0.2, 0.25) is 0 Å². The molecule has 25 heavy (non-hydrogen) atoms. The summed E-state index contributed by atoms with van der Waals surface area (Å²) >= 11 is 0. The highest BCUT2D eigenvalue weighted by Crippen LogP contribution is 2.27. The van der Waals surface area contributed by atoms with E-state index in [2.05, 4.69) is 0 Å². The van der Waals surface area contributed by atoms with Crippen molar-refractivity contribution in [1.29, 1.82) is 0 Å². The minimum atomic E-state index is -1.11. The first-order valence-electron chi connectivity index (χ1n) is 8.07. The van der Waals surface area contributed by atoms with Crippen LogP contribution < -0.4 is 4.74 Å². The highest BCUT2D eigenvalue weighted by atomic mass is 16.6. The average Bonchev–Trinajstić information content (AvgIpc) is 2.90. The number of benzene rings is 1. The van der Waals surface area contributed by atoms with Crippen LogP contribution in [0.1, 0.15) is 44.5 Å². The minimum Gasteiger partial charge on any atom is -0.488 e. The van der Waals surface area contributed by atoms with Gasteiger partial charge in [0.05, 0.1) is 12.1 Å². The van der Waals surface area contributed by atoms with Crippen molar-refractivity contribution in [2.45, 2.75) is 51.9 Å². The Hall–Kier alpha value is -2.57. The lowest BCUT2D eigenvalue weighted by molar-refractivity contribution is -0.142. The number of para-hydroxylation sites is 1. The molecule has 1 amide bonds. The molecule has 7 heteroatoms. The number of aliphatic carboxylic acids is 1. The molecule has 1 aromatic carbocycles. The van der Waals surface area contributed by atoms with Crippen molar-refractivity contribution in [2.75, 3.05) is 6.54 Å². The lowest BCUT2D eigenvalue weighted by Crippen LogP contribution is -2.43. The van der Waals surface area contributed by atoms with Crippen LogP contribution in [-0.2, 0) is 9.53 Å². The summed E-state index contributed by atoms with van der Waals surface area (Å²) in [5, 5.41) is 9.40. The van der Waals surface area contributed by atoms with E-state index in [1.165, 1.54) is 6.92 Å². The van der Waals surface area contributed by atoms with Crippen molar-refractivity contribution < 1.29 is 29.0 Å². The fraction of sp³-hybridized carbons (Fsp3) is 0.500. The van der Waals surface area contributed by atoms with E-state index in [1.54, 1.807) is 45.0 Å². The lowest BCUT2D eigenvalue weighted by Gasteiger charge is -2.26. The van der Waals surface area contributed by atoms with Gasteiger partial charge in [-0.25, -0.2) is 9.59 Å². The van der Waals surface area contributed by atoms with Crippen LogP contribution in [0.5, 0.6) is 5.75 Å². The summed E-state index contributed by atoms with van der Waals surface area (Å²) in [6.45, 7) is 6.66. The summed E-state index contributed by atoms with van der Waals surface area (Å²) in [6, 6.07) is 5.74. The number of nitrogens with zero attached hydrogens (tertiary/aromatic N) is 1. The zero-order chi connectivity index (χ0) is 18.8. The molecule has 136 valence electrons. The van der Waals surface area contributed by atoms with Gasteiger partial charge in [0, 0.05) is 6.42 Å². The maximum absolute atomic E-state index is 12.3. The number of amides is 1. The largest absolute Gasteiger partial charge is 0.488 e. The van der Waals surface area contributed by atoms with E-state index < -0.39 is 29.8 Å². The van der Waals surface area contributed by atoms with Gasteiger partial charge in [0.25, 0.3) is 0 Å². The molecular formula is C18H23NO6. The van der Waals surface area contributed by atoms with Crippen LogP contribution in [0.4, 0.5) is 4.79 Å². The van der Waals surface area contributed by atoms with Crippen molar-refractivity contribution in [3.63, 3.8) is 0 Å². The average molecular weight is 349 g/mol. The number of carbonyl (C=O) groups excluding carboxylic acids is 2. The van der Waals surface area contributed by atoms with Crippen molar-refractivity contribution >= 4 is 17.8 Å². The SMILES string of the molecule is CC(=O)c1ccccc1O[C@H]1C[C@@H](C(=O)O)N(C(=O)OC(C)(C)C)C1. The Kier molecular flexibility index (Phi) is 5.35. The summed E-state index contributed by atoms with van der Waals surface area (Å²) in [7, 11) is 0. The number of carboxylic acids is 1. The van der Waals surface area contributed by atoms with Gasteiger partial charge in [-0.15, -0.1) is 0 Å². The molecule has 0 bridgehead atoms. The van der Waals surface area contributed by atoms with E-state index in [1.807, 2.05) is 0 Å². The van der Waals surface area contributed by atoms with E-state index in [0.717, 1.165) is 4.90 Å². The topological polar surface area (TPSA) is 93.1 Å². The standard InChI is InChI=1S/C18H23NO6/c1-11(20)13-7-5-6-8-15(13)24-12-9-14(16(21)22)19(10-12)17(23)25-18(2,3)4/h5-8,12,14H,9-10H2,1-4H3,(H,21,22)/t12-,14-/m0/s1. The molecule has 1 N–H and O–H groups in total. The Morgan fingerprint density at radius 2 is 1.84 bits per heavy atom. The Labute approximate surface area is 146 Å². The highest BCUT2D eigenvalue weighted by molar-refractivity contribution is 5.96. The number of likely N-dealkylation sites (tertiary alicyclic amines) is 1. The van der Waals surface area contributed by atoms with Crippen molar-refractivity contribution in [3.05, 3.63) is 29.8 Å². The van der Waals surface area contributed by atoms with Crippen LogP contribution in [0.3, 0.4) is 0 Å². The third-order valence-corrected chi connectivity index (χ3v) is 3.74. The molecule has 0 aromatic heterocycles. The highest BCUT2D eigenvalue weighted by Gasteiger charge is 2.42. The minimum absolute atomic E-state index is 0.0815. The second-order valence-electron chi connectivity index (χ2n) is 7.01. The molecule has 2 atom stereocenters. The summed E-state index contributed by atoms with van der Waals surface area (Å²) in [5.74, 6) is -0.876. The Morgan fingerprint density at radius 3 is 2.40 bits per heavy atom. The van der Waals surface area contributed by atoms with Gasteiger partial charge in [-0.1, -0.05) is 12.1 Å². The number of ether oxygens (including phenoxy) is 2. The number of hydrogen-bond donors (Lipinski definition) is 1. The van der Waals surface area contributed by atoms with Crippen LogP contribution in [0.25, 0.3) is 0 Å². The van der Waals surface area contributed by atoms with E-state index in [4.69, 9.17) is 9.47 Å². The van der Waals surface area contributed by atoms with Gasteiger partial charge in [0.2, 0.25) is 0 Å². The molecule has 0 saturated carbocycles. The number of Topliss-reactive ketones (excluding diaryl/α,β-unsaturated/α-hetero) is 1. The first-order chi connectivity index (χ1) is 11.6. The van der Waals surface area contributed by atoms with E-state index >= 15 is 0 Å². The summed E-state index contributed by atoms with van der Waals surface area (Å²) in [6.07, 6.45) is -1.10. The van der Waals surface area contributed by atoms with Crippen LogP contribution >= 0.6 is 0 Å². The third-order valence-electron chi connectivity index (χ3n) is 3.74. The molecule has 0 spiro atoms. The third kappa shape index (κ3) is 4.71. The monoisotopic (exact) mass is 349 g/mol. The normalized spacial score (nSPS) is 20.2. The maximum Gasteiger partial charge on any atom is 0.411 e. The summed E-state index contributed by atoms with van der Waals surface area (Å²) < 4.78 is 11.1. The fourth-order valence-corrected chi connectivity index (χ4v) is 2.68. The predicted molar refractivity (Wildman–Crippen MR) is 89.8 cm³/mol. The Bertz CT molecular complexity index is 678. The van der Waals surface area contributed by atoms with Gasteiger partial charge < -0.3 is 14.6 Å². The van der Waals surface area contributed by atoms with Crippen LogP contribution in [0.15, 0.2) is 24.3 Å².